The highest BCUT2D eigenvalue weighted by Gasteiger charge is 2.36. The van der Waals surface area contributed by atoms with Crippen LogP contribution in [-0.2, 0) is 22.3 Å². The molecule has 1 amide bonds. The van der Waals surface area contributed by atoms with Gasteiger partial charge in [-0.05, 0) is 30.7 Å². The number of carbonyl (C=O) groups excluding carboxylic acids is 1. The van der Waals surface area contributed by atoms with Crippen molar-refractivity contribution in [3.05, 3.63) is 38.6 Å². The number of carbonyl (C=O) groups is 1. The summed E-state index contributed by atoms with van der Waals surface area (Å²) in [6.45, 7) is 0.960. The number of amides is 1. The van der Waals surface area contributed by atoms with Crippen molar-refractivity contribution < 1.29 is 23.7 Å². The Morgan fingerprint density at radius 3 is 2.58 bits per heavy atom. The number of fused-ring (bicyclic) bond motifs is 1. The van der Waals surface area contributed by atoms with E-state index in [1.807, 2.05) is 0 Å². The highest BCUT2D eigenvalue weighted by Crippen LogP contribution is 2.47. The first-order valence-corrected chi connectivity index (χ1v) is 10.9. The number of halogens is 2. The van der Waals surface area contributed by atoms with Crippen LogP contribution in [0.2, 0.25) is 10.0 Å². The maximum Gasteiger partial charge on any atom is 0.404 e. The van der Waals surface area contributed by atoms with Crippen LogP contribution >= 0.6 is 23.2 Å². The Kier molecular flexibility index (Phi) is 6.50. The fourth-order valence-corrected chi connectivity index (χ4v) is 5.42. The zero-order chi connectivity index (χ0) is 22.1. The number of nitrogens with zero attached hydrogens (tertiary/aromatic N) is 1. The lowest BCUT2D eigenvalue weighted by Crippen LogP contribution is -2.36. The molecule has 0 radical (unpaired) electrons. The minimum atomic E-state index is -0.780. The number of nitrogens with two attached hydrogens (primary N) is 1. The number of primary amides is 1. The average Bonchev–Trinajstić information content (AvgIpc) is 3.17. The van der Waals surface area contributed by atoms with E-state index >= 15 is 0 Å². The molecular formula is C21H25Cl2N3O5. The van der Waals surface area contributed by atoms with Gasteiger partial charge in [-0.25, -0.2) is 4.79 Å². The first kappa shape index (κ1) is 22.0. The van der Waals surface area contributed by atoms with E-state index in [2.05, 4.69) is 10.2 Å². The van der Waals surface area contributed by atoms with Crippen LogP contribution in [0, 0.1) is 0 Å². The van der Waals surface area contributed by atoms with Crippen molar-refractivity contribution in [3.8, 4) is 11.5 Å². The van der Waals surface area contributed by atoms with Gasteiger partial charge in [0.15, 0.2) is 0 Å². The summed E-state index contributed by atoms with van der Waals surface area (Å²) in [5.74, 6) is 0.978. The molecule has 2 unspecified atom stereocenters. The summed E-state index contributed by atoms with van der Waals surface area (Å²) in [5, 5.41) is 8.73. The molecule has 1 aliphatic heterocycles. The standard InChI is InChI=1S/C21H25Cl2N3O5/c1-28-15-8-16(29-2)19(23)17(18(15)22)10-3-4-11-13(7-10)25-26-20(11)12-9-30-6-5-14(12)31-21(24)27/h8,10,12,14H,3-7,9H2,1-2H3,(H2,24,27)(H,25,26)/t10-,12?,14?/m0/s1. The summed E-state index contributed by atoms with van der Waals surface area (Å²) in [6, 6.07) is 1.69. The van der Waals surface area contributed by atoms with Crippen LogP contribution in [0.5, 0.6) is 11.5 Å². The second-order valence-electron chi connectivity index (χ2n) is 7.77. The number of nitrogens with one attached hydrogen (secondary N) is 1. The van der Waals surface area contributed by atoms with Crippen molar-refractivity contribution in [1.82, 2.24) is 10.2 Å². The molecule has 10 heteroatoms. The fraction of sp³-hybridized carbons (Fsp3) is 0.524. The molecule has 1 aliphatic carbocycles. The number of benzene rings is 1. The van der Waals surface area contributed by atoms with E-state index in [-0.39, 0.29) is 17.9 Å². The van der Waals surface area contributed by atoms with Crippen LogP contribution < -0.4 is 15.2 Å². The Morgan fingerprint density at radius 2 is 1.94 bits per heavy atom. The Labute approximate surface area is 190 Å². The minimum absolute atomic E-state index is 0.0741. The van der Waals surface area contributed by atoms with E-state index in [9.17, 15) is 4.79 Å². The van der Waals surface area contributed by atoms with Gasteiger partial charge in [-0.1, -0.05) is 23.2 Å². The van der Waals surface area contributed by atoms with E-state index in [0.29, 0.717) is 47.6 Å². The number of aromatic nitrogens is 2. The molecule has 1 aromatic carbocycles. The predicted octanol–water partition coefficient (Wildman–Crippen LogP) is 3.97. The molecule has 0 saturated carbocycles. The number of methoxy groups -OCH3 is 2. The van der Waals surface area contributed by atoms with Crippen molar-refractivity contribution >= 4 is 29.3 Å². The summed E-state index contributed by atoms with van der Waals surface area (Å²) in [6.07, 6.45) is 1.75. The van der Waals surface area contributed by atoms with Gasteiger partial charge in [0.25, 0.3) is 0 Å². The zero-order valence-corrected chi connectivity index (χ0v) is 18.9. The summed E-state index contributed by atoms with van der Waals surface area (Å²) in [4.78, 5) is 11.3. The van der Waals surface area contributed by atoms with Crippen LogP contribution in [-0.4, -0.2) is 49.8 Å². The molecule has 8 nitrogen and oxygen atoms in total. The Hall–Kier alpha value is -2.16. The van der Waals surface area contributed by atoms with Crippen LogP contribution in [0.1, 0.15) is 47.2 Å². The van der Waals surface area contributed by atoms with Crippen LogP contribution in [0.15, 0.2) is 6.07 Å². The molecular weight excluding hydrogens is 445 g/mol. The number of hydrogen-bond acceptors (Lipinski definition) is 6. The third-order valence-electron chi connectivity index (χ3n) is 6.11. The molecule has 1 fully saturated rings. The summed E-state index contributed by atoms with van der Waals surface area (Å²) < 4.78 is 21.8. The molecule has 2 aromatic rings. The van der Waals surface area contributed by atoms with Gasteiger partial charge in [-0.2, -0.15) is 5.10 Å². The highest BCUT2D eigenvalue weighted by molar-refractivity contribution is 6.38. The normalized spacial score (nSPS) is 23.2. The Morgan fingerprint density at radius 1 is 1.23 bits per heavy atom. The number of rotatable bonds is 5. The van der Waals surface area contributed by atoms with Crippen LogP contribution in [0.25, 0.3) is 0 Å². The first-order valence-electron chi connectivity index (χ1n) is 10.1. The van der Waals surface area contributed by atoms with Gasteiger partial charge in [0, 0.05) is 23.7 Å². The minimum Gasteiger partial charge on any atom is -0.495 e. The molecule has 3 atom stereocenters. The quantitative estimate of drug-likeness (QED) is 0.685. The molecule has 0 bridgehead atoms. The van der Waals surface area contributed by atoms with Gasteiger partial charge < -0.3 is 24.7 Å². The number of aromatic amines is 1. The topological polar surface area (TPSA) is 109 Å². The molecule has 31 heavy (non-hydrogen) atoms. The molecule has 168 valence electrons. The van der Waals surface area contributed by atoms with Gasteiger partial charge in [0.1, 0.15) is 17.6 Å². The van der Waals surface area contributed by atoms with Crippen LogP contribution in [0.4, 0.5) is 4.79 Å². The van der Waals surface area contributed by atoms with E-state index in [0.717, 1.165) is 35.4 Å². The van der Waals surface area contributed by atoms with Gasteiger partial charge >= 0.3 is 6.09 Å². The van der Waals surface area contributed by atoms with Crippen molar-refractivity contribution in [2.45, 2.75) is 43.6 Å². The van der Waals surface area contributed by atoms with Gasteiger partial charge in [-0.3, -0.25) is 5.10 Å². The van der Waals surface area contributed by atoms with Crippen molar-refractivity contribution in [3.63, 3.8) is 0 Å². The largest absolute Gasteiger partial charge is 0.495 e. The Balaban J connectivity index is 1.63. The first-order chi connectivity index (χ1) is 14.9. The van der Waals surface area contributed by atoms with Crippen molar-refractivity contribution in [2.75, 3.05) is 27.4 Å². The SMILES string of the molecule is COc1cc(OC)c(Cl)c([C@H]2CCc3c(C4COCCC4OC(N)=O)n[nH]c3C2)c1Cl. The van der Waals surface area contributed by atoms with E-state index in [4.69, 9.17) is 47.9 Å². The lowest BCUT2D eigenvalue weighted by atomic mass is 9.80. The molecule has 2 heterocycles. The summed E-state index contributed by atoms with van der Waals surface area (Å²) in [5.41, 5.74) is 9.10. The summed E-state index contributed by atoms with van der Waals surface area (Å²) >= 11 is 13.3. The third-order valence-corrected chi connectivity index (χ3v) is 6.89. The lowest BCUT2D eigenvalue weighted by molar-refractivity contribution is -0.0149. The summed E-state index contributed by atoms with van der Waals surface area (Å²) in [7, 11) is 3.13. The smallest absolute Gasteiger partial charge is 0.404 e. The van der Waals surface area contributed by atoms with Gasteiger partial charge in [0.05, 0.1) is 49.1 Å². The molecule has 0 spiro atoms. The molecule has 1 aromatic heterocycles. The molecule has 2 aliphatic rings. The predicted molar refractivity (Wildman–Crippen MR) is 116 cm³/mol. The van der Waals surface area contributed by atoms with E-state index < -0.39 is 6.09 Å². The number of H-pyrrole nitrogens is 1. The van der Waals surface area contributed by atoms with Gasteiger partial charge in [-0.15, -0.1) is 0 Å². The second-order valence-corrected chi connectivity index (χ2v) is 8.53. The monoisotopic (exact) mass is 469 g/mol. The van der Waals surface area contributed by atoms with Crippen molar-refractivity contribution in [2.24, 2.45) is 5.73 Å². The van der Waals surface area contributed by atoms with Crippen molar-refractivity contribution in [1.29, 1.82) is 0 Å². The molecule has 4 rings (SSSR count). The van der Waals surface area contributed by atoms with Crippen LogP contribution in [0.3, 0.4) is 0 Å². The maximum atomic E-state index is 11.3. The molecule has 1 saturated heterocycles. The maximum absolute atomic E-state index is 11.3. The number of hydrogen-bond donors (Lipinski definition) is 2. The highest BCUT2D eigenvalue weighted by atomic mass is 35.5. The van der Waals surface area contributed by atoms with Gasteiger partial charge in [0.2, 0.25) is 0 Å². The van der Waals surface area contributed by atoms with E-state index in [1.165, 1.54) is 0 Å². The molecule has 3 N–H and O–H groups in total. The lowest BCUT2D eigenvalue weighted by Gasteiger charge is -2.31. The van der Waals surface area contributed by atoms with E-state index in [1.54, 1.807) is 20.3 Å². The zero-order valence-electron chi connectivity index (χ0n) is 17.4. The second kappa shape index (κ2) is 9.14. The Bertz CT molecular complexity index is 952. The third kappa shape index (κ3) is 4.16. The number of ether oxygens (including phenoxy) is 4. The fourth-order valence-electron chi connectivity index (χ4n) is 4.61. The average molecular weight is 470 g/mol.